The summed E-state index contributed by atoms with van der Waals surface area (Å²) in [4.78, 5) is 0. The van der Waals surface area contributed by atoms with Crippen molar-refractivity contribution in [3.8, 4) is 0 Å². The van der Waals surface area contributed by atoms with Crippen molar-refractivity contribution in [3.05, 3.63) is 35.9 Å². The van der Waals surface area contributed by atoms with Crippen LogP contribution in [-0.2, 0) is 4.74 Å². The van der Waals surface area contributed by atoms with Gasteiger partial charge in [-0.3, -0.25) is 0 Å². The van der Waals surface area contributed by atoms with Crippen molar-refractivity contribution in [1.29, 1.82) is 0 Å². The Balaban J connectivity index is 2.04. The third-order valence-electron chi connectivity index (χ3n) is 2.98. The summed E-state index contributed by atoms with van der Waals surface area (Å²) in [6.07, 6.45) is 5.69. The fraction of sp³-hybridized carbons (Fsp3) is 0.538. The molecular formula is C13H18O. The van der Waals surface area contributed by atoms with Crippen LogP contribution in [0.2, 0.25) is 0 Å². The van der Waals surface area contributed by atoms with Gasteiger partial charge in [0.15, 0.2) is 0 Å². The van der Waals surface area contributed by atoms with Crippen LogP contribution < -0.4 is 0 Å². The van der Waals surface area contributed by atoms with Gasteiger partial charge in [0.1, 0.15) is 0 Å². The quantitative estimate of drug-likeness (QED) is 0.690. The van der Waals surface area contributed by atoms with Gasteiger partial charge in [-0.25, -0.2) is 0 Å². The highest BCUT2D eigenvalue weighted by atomic mass is 16.5. The molecule has 1 heterocycles. The average molecular weight is 190 g/mol. The lowest BCUT2D eigenvalue weighted by Crippen LogP contribution is -2.21. The van der Waals surface area contributed by atoms with Crippen molar-refractivity contribution >= 4 is 0 Å². The summed E-state index contributed by atoms with van der Waals surface area (Å²) in [6.45, 7) is 2.21. The topological polar surface area (TPSA) is 9.23 Å². The average Bonchev–Trinajstić information content (AvgIpc) is 2.30. The molecule has 1 aliphatic rings. The molecule has 76 valence electrons. The van der Waals surface area contributed by atoms with Gasteiger partial charge < -0.3 is 4.74 Å². The van der Waals surface area contributed by atoms with Crippen molar-refractivity contribution in [2.45, 2.75) is 44.8 Å². The Morgan fingerprint density at radius 1 is 1.21 bits per heavy atom. The maximum atomic E-state index is 6.02. The molecule has 0 aliphatic carbocycles. The van der Waals surface area contributed by atoms with E-state index in [4.69, 9.17) is 4.74 Å². The molecule has 1 aromatic carbocycles. The Kier molecular flexibility index (Phi) is 3.20. The minimum atomic E-state index is 0.342. The fourth-order valence-electron chi connectivity index (χ4n) is 2.11. The largest absolute Gasteiger partial charge is 0.370 e. The van der Waals surface area contributed by atoms with Crippen LogP contribution in [-0.4, -0.2) is 6.10 Å². The summed E-state index contributed by atoms with van der Waals surface area (Å²) in [5.74, 6) is 0. The number of hydrogen-bond donors (Lipinski definition) is 0. The Bertz CT molecular complexity index is 268. The van der Waals surface area contributed by atoms with Crippen LogP contribution in [0.4, 0.5) is 0 Å². The zero-order valence-electron chi connectivity index (χ0n) is 8.78. The lowest BCUT2D eigenvalue weighted by atomic mass is 9.97. The van der Waals surface area contributed by atoms with Crippen LogP contribution in [0.3, 0.4) is 0 Å². The first-order valence-electron chi connectivity index (χ1n) is 5.60. The summed E-state index contributed by atoms with van der Waals surface area (Å²) in [7, 11) is 0. The van der Waals surface area contributed by atoms with E-state index in [0.29, 0.717) is 12.2 Å². The normalized spacial score (nSPS) is 27.5. The minimum Gasteiger partial charge on any atom is -0.370 e. The second kappa shape index (κ2) is 4.61. The van der Waals surface area contributed by atoms with Crippen LogP contribution in [0.5, 0.6) is 0 Å². The number of rotatable bonds is 2. The van der Waals surface area contributed by atoms with Crippen LogP contribution in [0, 0.1) is 0 Å². The maximum absolute atomic E-state index is 6.02. The molecule has 0 radical (unpaired) electrons. The Morgan fingerprint density at radius 2 is 2.00 bits per heavy atom. The molecule has 0 spiro atoms. The fourth-order valence-corrected chi connectivity index (χ4v) is 2.11. The van der Waals surface area contributed by atoms with E-state index in [1.54, 1.807) is 0 Å². The number of benzene rings is 1. The lowest BCUT2D eigenvalue weighted by molar-refractivity contribution is -0.0525. The molecule has 2 rings (SSSR count). The SMILES string of the molecule is CC[C@@H]1CCC[C@H](c2ccccc2)O1. The van der Waals surface area contributed by atoms with Crippen LogP contribution in [0.25, 0.3) is 0 Å². The first kappa shape index (κ1) is 9.72. The minimum absolute atomic E-state index is 0.342. The third-order valence-corrected chi connectivity index (χ3v) is 2.98. The molecule has 1 fully saturated rings. The van der Waals surface area contributed by atoms with E-state index in [1.807, 2.05) is 0 Å². The molecule has 1 aromatic rings. The van der Waals surface area contributed by atoms with Crippen LogP contribution in [0.1, 0.15) is 44.3 Å². The molecule has 0 aromatic heterocycles. The molecule has 14 heavy (non-hydrogen) atoms. The van der Waals surface area contributed by atoms with Crippen LogP contribution in [0.15, 0.2) is 30.3 Å². The summed E-state index contributed by atoms with van der Waals surface area (Å²) in [5.41, 5.74) is 1.34. The van der Waals surface area contributed by atoms with E-state index in [-0.39, 0.29) is 0 Å². The predicted molar refractivity (Wildman–Crippen MR) is 58.2 cm³/mol. The lowest BCUT2D eigenvalue weighted by Gasteiger charge is -2.29. The Morgan fingerprint density at radius 3 is 2.71 bits per heavy atom. The second-order valence-corrected chi connectivity index (χ2v) is 4.00. The summed E-state index contributed by atoms with van der Waals surface area (Å²) < 4.78 is 6.02. The molecular weight excluding hydrogens is 172 g/mol. The highest BCUT2D eigenvalue weighted by Gasteiger charge is 2.21. The van der Waals surface area contributed by atoms with E-state index in [9.17, 15) is 0 Å². The highest BCUT2D eigenvalue weighted by Crippen LogP contribution is 2.31. The van der Waals surface area contributed by atoms with E-state index in [1.165, 1.54) is 24.8 Å². The third kappa shape index (κ3) is 2.16. The van der Waals surface area contributed by atoms with Gasteiger partial charge in [0.05, 0.1) is 12.2 Å². The Hall–Kier alpha value is -0.820. The van der Waals surface area contributed by atoms with Crippen molar-refractivity contribution in [1.82, 2.24) is 0 Å². The van der Waals surface area contributed by atoms with E-state index in [0.717, 1.165) is 6.42 Å². The summed E-state index contributed by atoms with van der Waals surface area (Å²) in [6, 6.07) is 10.6. The molecule has 1 saturated heterocycles. The van der Waals surface area contributed by atoms with Gasteiger partial charge in [0.2, 0.25) is 0 Å². The smallest absolute Gasteiger partial charge is 0.0828 e. The van der Waals surface area contributed by atoms with Crippen LogP contribution >= 0.6 is 0 Å². The molecule has 1 heteroatoms. The number of ether oxygens (including phenoxy) is 1. The molecule has 2 atom stereocenters. The van der Waals surface area contributed by atoms with Gasteiger partial charge >= 0.3 is 0 Å². The molecule has 0 saturated carbocycles. The first-order chi connectivity index (χ1) is 6.90. The first-order valence-corrected chi connectivity index (χ1v) is 5.60. The summed E-state index contributed by atoms with van der Waals surface area (Å²) in [5, 5.41) is 0. The zero-order valence-corrected chi connectivity index (χ0v) is 8.78. The van der Waals surface area contributed by atoms with E-state index in [2.05, 4.69) is 37.3 Å². The van der Waals surface area contributed by atoms with Gasteiger partial charge in [0, 0.05) is 0 Å². The van der Waals surface area contributed by atoms with Crippen molar-refractivity contribution in [2.24, 2.45) is 0 Å². The highest BCUT2D eigenvalue weighted by molar-refractivity contribution is 5.17. The predicted octanol–water partition coefficient (Wildman–Crippen LogP) is 3.71. The maximum Gasteiger partial charge on any atom is 0.0828 e. The molecule has 1 aliphatic heterocycles. The summed E-state index contributed by atoms with van der Waals surface area (Å²) >= 11 is 0. The van der Waals surface area contributed by atoms with E-state index >= 15 is 0 Å². The second-order valence-electron chi connectivity index (χ2n) is 4.00. The monoisotopic (exact) mass is 190 g/mol. The Labute approximate surface area is 86.1 Å². The van der Waals surface area contributed by atoms with Crippen molar-refractivity contribution in [2.75, 3.05) is 0 Å². The van der Waals surface area contributed by atoms with Gasteiger partial charge in [-0.15, -0.1) is 0 Å². The van der Waals surface area contributed by atoms with Crippen molar-refractivity contribution < 1.29 is 4.74 Å². The molecule has 0 amide bonds. The van der Waals surface area contributed by atoms with Gasteiger partial charge in [-0.2, -0.15) is 0 Å². The molecule has 1 nitrogen and oxygen atoms in total. The zero-order chi connectivity index (χ0) is 9.80. The van der Waals surface area contributed by atoms with Gasteiger partial charge in [-0.1, -0.05) is 37.3 Å². The molecule has 0 unspecified atom stereocenters. The molecule has 0 N–H and O–H groups in total. The molecule has 0 bridgehead atoms. The van der Waals surface area contributed by atoms with Crippen molar-refractivity contribution in [3.63, 3.8) is 0 Å². The number of hydrogen-bond acceptors (Lipinski definition) is 1. The van der Waals surface area contributed by atoms with Gasteiger partial charge in [0.25, 0.3) is 0 Å². The standard InChI is InChI=1S/C13H18O/c1-2-12-9-6-10-13(14-12)11-7-4-3-5-8-11/h3-5,7-8,12-13H,2,6,9-10H2,1H3/t12-,13-/m1/s1. The van der Waals surface area contributed by atoms with Gasteiger partial charge in [-0.05, 0) is 31.2 Å². The van der Waals surface area contributed by atoms with E-state index < -0.39 is 0 Å².